The number of hydrogen-bond donors (Lipinski definition) is 1. The number of nitrogens with one attached hydrogen (secondary N) is 1. The summed E-state index contributed by atoms with van der Waals surface area (Å²) in [7, 11) is 0. The Bertz CT molecular complexity index is 1020. The van der Waals surface area contributed by atoms with Gasteiger partial charge in [-0.05, 0) is 51.9 Å². The second-order valence-electron chi connectivity index (χ2n) is 9.05. The Balaban J connectivity index is 1.45. The number of aromatic amines is 1. The Kier molecular flexibility index (Phi) is 4.37. The van der Waals surface area contributed by atoms with Gasteiger partial charge in [-0.15, -0.1) is 0 Å². The minimum absolute atomic E-state index is 0.0360. The van der Waals surface area contributed by atoms with Gasteiger partial charge in [-0.1, -0.05) is 6.92 Å². The van der Waals surface area contributed by atoms with Gasteiger partial charge in [-0.3, -0.25) is 14.3 Å². The summed E-state index contributed by atoms with van der Waals surface area (Å²) in [5.41, 5.74) is 3.17. The van der Waals surface area contributed by atoms with Crippen LogP contribution in [0.1, 0.15) is 84.5 Å². The fourth-order valence-corrected chi connectivity index (χ4v) is 5.16. The van der Waals surface area contributed by atoms with Crippen LogP contribution in [0, 0.1) is 6.92 Å². The van der Waals surface area contributed by atoms with Gasteiger partial charge in [-0.2, -0.15) is 5.10 Å². The molecular weight excluding hydrogens is 366 g/mol. The quantitative estimate of drug-likeness (QED) is 0.863. The highest BCUT2D eigenvalue weighted by Gasteiger charge is 2.46. The average molecular weight is 396 g/mol. The van der Waals surface area contributed by atoms with Crippen molar-refractivity contribution >= 4 is 5.91 Å². The minimum Gasteiger partial charge on any atom is -0.338 e. The number of piperidine rings is 1. The molecule has 3 heterocycles. The maximum absolute atomic E-state index is 13.3. The van der Waals surface area contributed by atoms with Gasteiger partial charge in [0.1, 0.15) is 5.82 Å². The molecule has 0 bridgehead atoms. The van der Waals surface area contributed by atoms with E-state index in [0.717, 1.165) is 80.8 Å². The van der Waals surface area contributed by atoms with E-state index < -0.39 is 0 Å². The van der Waals surface area contributed by atoms with E-state index in [-0.39, 0.29) is 16.9 Å². The molecule has 2 aromatic rings. The van der Waals surface area contributed by atoms with Gasteiger partial charge < -0.3 is 9.88 Å². The van der Waals surface area contributed by atoms with Crippen LogP contribution in [0.25, 0.3) is 0 Å². The molecule has 2 aromatic heterocycles. The van der Waals surface area contributed by atoms with Crippen LogP contribution < -0.4 is 5.56 Å². The maximum atomic E-state index is 13.3. The molecular formula is C22H29N5O2. The Hall–Kier alpha value is -2.44. The molecule has 1 N–H and O–H groups in total. The van der Waals surface area contributed by atoms with Crippen molar-refractivity contribution in [2.75, 3.05) is 13.1 Å². The number of carbonyl (C=O) groups excluding carboxylic acids is 1. The first-order valence-electron chi connectivity index (χ1n) is 11.0. The zero-order valence-electron chi connectivity index (χ0n) is 17.3. The fourth-order valence-electron chi connectivity index (χ4n) is 5.16. The number of H-pyrrole nitrogens is 1. The van der Waals surface area contributed by atoms with Crippen molar-refractivity contribution < 1.29 is 4.79 Å². The van der Waals surface area contributed by atoms with E-state index in [4.69, 9.17) is 4.98 Å². The van der Waals surface area contributed by atoms with Gasteiger partial charge in [-0.25, -0.2) is 4.98 Å². The first kappa shape index (κ1) is 18.6. The predicted molar refractivity (Wildman–Crippen MR) is 109 cm³/mol. The number of aromatic nitrogens is 4. The van der Waals surface area contributed by atoms with Crippen molar-refractivity contribution in [2.24, 2.45) is 0 Å². The van der Waals surface area contributed by atoms with Gasteiger partial charge in [0.2, 0.25) is 0 Å². The Morgan fingerprint density at radius 1 is 1.34 bits per heavy atom. The molecule has 1 saturated carbocycles. The second-order valence-corrected chi connectivity index (χ2v) is 9.05. The van der Waals surface area contributed by atoms with E-state index >= 15 is 0 Å². The molecule has 154 valence electrons. The molecule has 1 saturated heterocycles. The van der Waals surface area contributed by atoms with E-state index in [1.54, 1.807) is 0 Å². The number of likely N-dealkylation sites (tertiary alicyclic amines) is 1. The highest BCUT2D eigenvalue weighted by molar-refractivity contribution is 5.95. The van der Waals surface area contributed by atoms with E-state index in [0.29, 0.717) is 18.0 Å². The third-order valence-corrected chi connectivity index (χ3v) is 6.85. The second kappa shape index (κ2) is 6.82. The van der Waals surface area contributed by atoms with Crippen molar-refractivity contribution in [3.8, 4) is 0 Å². The largest absolute Gasteiger partial charge is 0.338 e. The first-order valence-corrected chi connectivity index (χ1v) is 11.0. The molecule has 5 rings (SSSR count). The lowest BCUT2D eigenvalue weighted by molar-refractivity contribution is 0.0632. The first-order chi connectivity index (χ1) is 14.0. The highest BCUT2D eigenvalue weighted by Crippen LogP contribution is 2.45. The van der Waals surface area contributed by atoms with Crippen molar-refractivity contribution in [1.29, 1.82) is 0 Å². The Morgan fingerprint density at radius 3 is 2.93 bits per heavy atom. The van der Waals surface area contributed by atoms with Crippen LogP contribution in [0.15, 0.2) is 11.0 Å². The molecule has 0 aromatic carbocycles. The van der Waals surface area contributed by atoms with Gasteiger partial charge in [0.15, 0.2) is 0 Å². The van der Waals surface area contributed by atoms with Crippen LogP contribution in [-0.4, -0.2) is 43.6 Å². The Labute approximate surface area is 170 Å². The molecule has 0 radical (unpaired) electrons. The van der Waals surface area contributed by atoms with Crippen molar-refractivity contribution in [3.05, 3.63) is 44.9 Å². The molecule has 1 unspecified atom stereocenters. The van der Waals surface area contributed by atoms with Crippen LogP contribution in [0.5, 0.6) is 0 Å². The summed E-state index contributed by atoms with van der Waals surface area (Å²) in [5, 5.41) is 4.50. The highest BCUT2D eigenvalue weighted by atomic mass is 16.2. The summed E-state index contributed by atoms with van der Waals surface area (Å²) < 4.78 is 1.87. The number of fused-ring (bicyclic) bond motifs is 2. The zero-order valence-corrected chi connectivity index (χ0v) is 17.3. The van der Waals surface area contributed by atoms with Crippen LogP contribution in [0.2, 0.25) is 0 Å². The van der Waals surface area contributed by atoms with Gasteiger partial charge >= 0.3 is 0 Å². The average Bonchev–Trinajstić information content (AvgIpc) is 3.42. The molecule has 7 heteroatoms. The van der Waals surface area contributed by atoms with Crippen LogP contribution in [0.3, 0.4) is 0 Å². The summed E-state index contributed by atoms with van der Waals surface area (Å²) in [5.74, 6) is 1.33. The number of carbonyl (C=O) groups is 1. The van der Waals surface area contributed by atoms with Crippen molar-refractivity contribution in [1.82, 2.24) is 24.6 Å². The molecule has 1 atom stereocenters. The van der Waals surface area contributed by atoms with E-state index in [9.17, 15) is 9.59 Å². The van der Waals surface area contributed by atoms with Crippen molar-refractivity contribution in [2.45, 2.75) is 76.7 Å². The molecule has 2 aliphatic carbocycles. The standard InChI is InChI=1S/C22H29N5O2/c1-3-10-27-12-17(14(2)25-27)21(29)26-11-4-8-22(13-26)9-7-16-18(22)23-19(15-5-6-15)24-20(16)28/h12,15H,3-11,13H2,1-2H3,(H,23,24,28). The van der Waals surface area contributed by atoms with Crippen molar-refractivity contribution in [3.63, 3.8) is 0 Å². The topological polar surface area (TPSA) is 83.9 Å². The number of aryl methyl sites for hydroxylation is 2. The number of rotatable bonds is 4. The lowest BCUT2D eigenvalue weighted by Crippen LogP contribution is -2.48. The molecule has 2 fully saturated rings. The van der Waals surface area contributed by atoms with E-state index in [1.807, 2.05) is 22.7 Å². The summed E-state index contributed by atoms with van der Waals surface area (Å²) in [6.07, 6.45) is 8.71. The van der Waals surface area contributed by atoms with Crippen LogP contribution in [-0.2, 0) is 18.4 Å². The number of amides is 1. The summed E-state index contributed by atoms with van der Waals surface area (Å²) in [6.45, 7) is 6.24. The summed E-state index contributed by atoms with van der Waals surface area (Å²) in [4.78, 5) is 35.9. The molecule has 29 heavy (non-hydrogen) atoms. The fraction of sp³-hybridized carbons (Fsp3) is 0.636. The van der Waals surface area contributed by atoms with E-state index in [1.165, 1.54) is 0 Å². The normalized spacial score (nSPS) is 23.6. The molecule has 7 nitrogen and oxygen atoms in total. The Morgan fingerprint density at radius 2 is 2.17 bits per heavy atom. The van der Waals surface area contributed by atoms with E-state index in [2.05, 4.69) is 17.0 Å². The zero-order chi connectivity index (χ0) is 20.2. The third-order valence-electron chi connectivity index (χ3n) is 6.85. The number of nitrogens with zero attached hydrogens (tertiary/aromatic N) is 4. The third kappa shape index (κ3) is 3.11. The maximum Gasteiger partial charge on any atom is 0.257 e. The lowest BCUT2D eigenvalue weighted by atomic mass is 9.77. The van der Waals surface area contributed by atoms with Crippen LogP contribution >= 0.6 is 0 Å². The van der Waals surface area contributed by atoms with Gasteiger partial charge in [0, 0.05) is 42.7 Å². The number of hydrogen-bond acceptors (Lipinski definition) is 4. The molecule has 1 aliphatic heterocycles. The predicted octanol–water partition coefficient (Wildman–Crippen LogP) is 2.68. The lowest BCUT2D eigenvalue weighted by Gasteiger charge is -2.40. The smallest absolute Gasteiger partial charge is 0.257 e. The van der Waals surface area contributed by atoms with Crippen LogP contribution in [0.4, 0.5) is 0 Å². The molecule has 1 amide bonds. The summed E-state index contributed by atoms with van der Waals surface area (Å²) >= 11 is 0. The van der Waals surface area contributed by atoms with Gasteiger partial charge in [0.25, 0.3) is 11.5 Å². The molecule has 1 spiro atoms. The van der Waals surface area contributed by atoms with Gasteiger partial charge in [0.05, 0.1) is 17.0 Å². The molecule has 3 aliphatic rings. The minimum atomic E-state index is -0.172. The SMILES string of the molecule is CCCn1cc(C(=O)N2CCCC3(CCc4c3nc(C3CC3)[nH]c4=O)C2)c(C)n1. The monoisotopic (exact) mass is 395 g/mol. The summed E-state index contributed by atoms with van der Waals surface area (Å²) in [6, 6.07) is 0.